The Kier molecular flexibility index (Phi) is 11.6. The Labute approximate surface area is 156 Å². The zero-order valence-corrected chi connectivity index (χ0v) is 15.8. The Balaban J connectivity index is 2.39. The van der Waals surface area contributed by atoms with E-state index in [1.165, 1.54) is 25.7 Å². The van der Waals surface area contributed by atoms with E-state index in [-0.39, 0.29) is 6.42 Å². The maximum atomic E-state index is 10.5. The molecule has 0 radical (unpaired) electrons. The average Bonchev–Trinajstić information content (AvgIpc) is 2.62. The third-order valence-electron chi connectivity index (χ3n) is 4.34. The smallest absolute Gasteiger partial charge is 0.303 e. The summed E-state index contributed by atoms with van der Waals surface area (Å²) in [5.74, 6) is -0.860. The quantitative estimate of drug-likeness (QED) is 0.424. The standard InChI is InChI=1S/C21H33NO4/c1-2-3-4-5-6-7-11-18(23)16-15-17-10-8-12-19(22-17)20(24)13-9-14-21(25)26/h8,10,12,15-16,18,20,23-24H,2-7,9,11,13-14H2,1H3,(H,25,26)/b16-15+. The van der Waals surface area contributed by atoms with Gasteiger partial charge in [-0.05, 0) is 37.5 Å². The van der Waals surface area contributed by atoms with Crippen molar-refractivity contribution in [3.8, 4) is 0 Å². The van der Waals surface area contributed by atoms with Crippen LogP contribution in [-0.2, 0) is 4.79 Å². The summed E-state index contributed by atoms with van der Waals surface area (Å²) in [6.07, 6.45) is 11.0. The van der Waals surface area contributed by atoms with Crippen molar-refractivity contribution >= 4 is 12.0 Å². The molecule has 0 bridgehead atoms. The van der Waals surface area contributed by atoms with Crippen molar-refractivity contribution in [3.05, 3.63) is 35.7 Å². The molecule has 0 saturated heterocycles. The first-order valence-electron chi connectivity index (χ1n) is 9.76. The second kappa shape index (κ2) is 13.5. The highest BCUT2D eigenvalue weighted by molar-refractivity contribution is 5.66. The van der Waals surface area contributed by atoms with Crippen LogP contribution in [-0.4, -0.2) is 32.4 Å². The lowest BCUT2D eigenvalue weighted by Crippen LogP contribution is -2.04. The first-order valence-corrected chi connectivity index (χ1v) is 9.76. The summed E-state index contributed by atoms with van der Waals surface area (Å²) >= 11 is 0. The van der Waals surface area contributed by atoms with Gasteiger partial charge in [0.05, 0.1) is 23.6 Å². The summed E-state index contributed by atoms with van der Waals surface area (Å²) in [6, 6.07) is 5.36. The van der Waals surface area contributed by atoms with Gasteiger partial charge >= 0.3 is 5.97 Å². The van der Waals surface area contributed by atoms with Gasteiger partial charge < -0.3 is 15.3 Å². The maximum Gasteiger partial charge on any atom is 0.303 e. The normalized spacial score (nSPS) is 13.8. The molecule has 0 aliphatic heterocycles. The molecule has 1 heterocycles. The summed E-state index contributed by atoms with van der Waals surface area (Å²) in [4.78, 5) is 14.9. The van der Waals surface area contributed by atoms with E-state index in [1.54, 1.807) is 18.2 Å². The number of aliphatic hydroxyl groups is 2. The molecule has 146 valence electrons. The van der Waals surface area contributed by atoms with Crippen LogP contribution in [0.5, 0.6) is 0 Å². The van der Waals surface area contributed by atoms with Crippen LogP contribution in [0.25, 0.3) is 6.08 Å². The summed E-state index contributed by atoms with van der Waals surface area (Å²) < 4.78 is 0. The van der Waals surface area contributed by atoms with Gasteiger partial charge in [0, 0.05) is 6.42 Å². The fourth-order valence-electron chi connectivity index (χ4n) is 2.78. The number of carbonyl (C=O) groups is 1. The zero-order chi connectivity index (χ0) is 19.2. The molecule has 0 aliphatic rings. The minimum Gasteiger partial charge on any atom is -0.481 e. The van der Waals surface area contributed by atoms with E-state index in [1.807, 2.05) is 12.1 Å². The van der Waals surface area contributed by atoms with Crippen LogP contribution in [0.15, 0.2) is 24.3 Å². The molecule has 3 N–H and O–H groups in total. The molecule has 1 rings (SSSR count). The minimum absolute atomic E-state index is 0.0429. The van der Waals surface area contributed by atoms with Gasteiger partial charge in [0.1, 0.15) is 0 Å². The fourth-order valence-corrected chi connectivity index (χ4v) is 2.78. The van der Waals surface area contributed by atoms with E-state index in [0.717, 1.165) is 19.3 Å². The van der Waals surface area contributed by atoms with Gasteiger partial charge in [0.25, 0.3) is 0 Å². The molecule has 0 amide bonds. The number of hydrogen-bond donors (Lipinski definition) is 3. The van der Waals surface area contributed by atoms with Crippen LogP contribution in [0.2, 0.25) is 0 Å². The van der Waals surface area contributed by atoms with Gasteiger partial charge in [-0.15, -0.1) is 0 Å². The molecule has 5 heteroatoms. The minimum atomic E-state index is -0.860. The van der Waals surface area contributed by atoms with E-state index < -0.39 is 18.2 Å². The van der Waals surface area contributed by atoms with E-state index >= 15 is 0 Å². The Hall–Kier alpha value is -1.72. The largest absolute Gasteiger partial charge is 0.481 e. The molecular weight excluding hydrogens is 330 g/mol. The molecule has 26 heavy (non-hydrogen) atoms. The van der Waals surface area contributed by atoms with Crippen LogP contribution in [0.3, 0.4) is 0 Å². The van der Waals surface area contributed by atoms with Crippen molar-refractivity contribution in [1.29, 1.82) is 0 Å². The summed E-state index contributed by atoms with van der Waals surface area (Å²) in [7, 11) is 0. The Morgan fingerprint density at radius 1 is 1.08 bits per heavy atom. The lowest BCUT2D eigenvalue weighted by atomic mass is 10.1. The van der Waals surface area contributed by atoms with E-state index in [9.17, 15) is 15.0 Å². The highest BCUT2D eigenvalue weighted by atomic mass is 16.4. The maximum absolute atomic E-state index is 10.5. The van der Waals surface area contributed by atoms with Gasteiger partial charge in [-0.3, -0.25) is 9.78 Å². The van der Waals surface area contributed by atoms with Crippen molar-refractivity contribution in [2.24, 2.45) is 0 Å². The average molecular weight is 363 g/mol. The Morgan fingerprint density at radius 3 is 2.54 bits per heavy atom. The van der Waals surface area contributed by atoms with Crippen LogP contribution >= 0.6 is 0 Å². The third-order valence-corrected chi connectivity index (χ3v) is 4.34. The molecule has 2 unspecified atom stereocenters. The molecule has 1 aromatic rings. The highest BCUT2D eigenvalue weighted by Crippen LogP contribution is 2.18. The van der Waals surface area contributed by atoms with Gasteiger partial charge in [-0.25, -0.2) is 0 Å². The second-order valence-electron chi connectivity index (χ2n) is 6.77. The van der Waals surface area contributed by atoms with Crippen molar-refractivity contribution in [3.63, 3.8) is 0 Å². The van der Waals surface area contributed by atoms with Gasteiger partial charge in [0.2, 0.25) is 0 Å². The molecular formula is C21H33NO4. The van der Waals surface area contributed by atoms with Crippen LogP contribution in [0.1, 0.15) is 88.6 Å². The molecule has 0 spiro atoms. The van der Waals surface area contributed by atoms with Crippen molar-refractivity contribution in [2.75, 3.05) is 0 Å². The number of unbranched alkanes of at least 4 members (excludes halogenated alkanes) is 5. The number of aromatic nitrogens is 1. The van der Waals surface area contributed by atoms with Crippen molar-refractivity contribution in [2.45, 2.75) is 83.3 Å². The highest BCUT2D eigenvalue weighted by Gasteiger charge is 2.10. The summed E-state index contributed by atoms with van der Waals surface area (Å²) in [5.41, 5.74) is 1.21. The molecule has 5 nitrogen and oxygen atoms in total. The molecule has 2 atom stereocenters. The van der Waals surface area contributed by atoms with Crippen LogP contribution < -0.4 is 0 Å². The van der Waals surface area contributed by atoms with Crippen molar-refractivity contribution < 1.29 is 20.1 Å². The monoisotopic (exact) mass is 363 g/mol. The second-order valence-corrected chi connectivity index (χ2v) is 6.77. The van der Waals surface area contributed by atoms with Gasteiger partial charge in [-0.2, -0.15) is 0 Å². The van der Waals surface area contributed by atoms with Gasteiger partial charge in [-0.1, -0.05) is 57.6 Å². The van der Waals surface area contributed by atoms with Crippen LogP contribution in [0.4, 0.5) is 0 Å². The van der Waals surface area contributed by atoms with E-state index in [2.05, 4.69) is 11.9 Å². The molecule has 0 aliphatic carbocycles. The number of pyridine rings is 1. The fraction of sp³-hybridized carbons (Fsp3) is 0.619. The first kappa shape index (κ1) is 22.3. The Morgan fingerprint density at radius 2 is 1.81 bits per heavy atom. The number of nitrogens with zero attached hydrogens (tertiary/aromatic N) is 1. The third kappa shape index (κ3) is 10.3. The lowest BCUT2D eigenvalue weighted by Gasteiger charge is -2.10. The zero-order valence-electron chi connectivity index (χ0n) is 15.8. The summed E-state index contributed by atoms with van der Waals surface area (Å²) in [5, 5.41) is 28.8. The van der Waals surface area contributed by atoms with E-state index in [0.29, 0.717) is 24.2 Å². The number of aliphatic hydroxyl groups excluding tert-OH is 2. The number of carboxylic acids is 1. The predicted molar refractivity (Wildman–Crippen MR) is 104 cm³/mol. The predicted octanol–water partition coefficient (Wildman–Crippen LogP) is 4.49. The topological polar surface area (TPSA) is 90.7 Å². The SMILES string of the molecule is CCCCCCCCC(O)/C=C/c1cccc(C(O)CCCC(=O)O)n1. The molecule has 0 aromatic carbocycles. The Bertz CT molecular complexity index is 545. The number of rotatable bonds is 14. The number of hydrogen-bond acceptors (Lipinski definition) is 4. The molecule has 1 aromatic heterocycles. The first-order chi connectivity index (χ1) is 12.5. The van der Waals surface area contributed by atoms with Crippen LogP contribution in [0, 0.1) is 0 Å². The lowest BCUT2D eigenvalue weighted by molar-refractivity contribution is -0.137. The van der Waals surface area contributed by atoms with E-state index in [4.69, 9.17) is 5.11 Å². The van der Waals surface area contributed by atoms with Gasteiger partial charge in [0.15, 0.2) is 0 Å². The molecule has 0 saturated carbocycles. The number of aliphatic carboxylic acids is 1. The summed E-state index contributed by atoms with van der Waals surface area (Å²) in [6.45, 7) is 2.20. The molecule has 0 fully saturated rings. The number of carboxylic acid groups (broad SMARTS) is 1. The van der Waals surface area contributed by atoms with Crippen molar-refractivity contribution in [1.82, 2.24) is 4.98 Å².